The van der Waals surface area contributed by atoms with Gasteiger partial charge in [-0.1, -0.05) is 19.1 Å². The van der Waals surface area contributed by atoms with Gasteiger partial charge in [0.2, 0.25) is 5.91 Å². The van der Waals surface area contributed by atoms with Crippen molar-refractivity contribution in [2.75, 3.05) is 18.9 Å². The predicted octanol–water partition coefficient (Wildman–Crippen LogP) is 1.89. The van der Waals surface area contributed by atoms with Crippen molar-refractivity contribution >= 4 is 11.6 Å². The summed E-state index contributed by atoms with van der Waals surface area (Å²) in [4.78, 5) is 11.2. The number of hydrogen-bond donors (Lipinski definition) is 2. The zero-order valence-corrected chi connectivity index (χ0v) is 9.84. The van der Waals surface area contributed by atoms with E-state index in [0.29, 0.717) is 12.3 Å². The number of rotatable bonds is 3. The summed E-state index contributed by atoms with van der Waals surface area (Å²) >= 11 is 0. The molecule has 1 aromatic rings. The average Bonchev–Trinajstić information content (AvgIpc) is 2.28. The maximum atomic E-state index is 11.2. The quantitative estimate of drug-likeness (QED) is 0.813. The van der Waals surface area contributed by atoms with Crippen molar-refractivity contribution < 1.29 is 4.79 Å². The van der Waals surface area contributed by atoms with E-state index >= 15 is 0 Å². The van der Waals surface area contributed by atoms with Gasteiger partial charge in [0, 0.05) is 18.7 Å². The van der Waals surface area contributed by atoms with E-state index in [2.05, 4.69) is 29.7 Å². The highest BCUT2D eigenvalue weighted by atomic mass is 16.1. The van der Waals surface area contributed by atoms with Gasteiger partial charge in [-0.15, -0.1) is 0 Å². The minimum atomic E-state index is 0.128. The van der Waals surface area contributed by atoms with Gasteiger partial charge in [0.1, 0.15) is 0 Å². The molecule has 0 spiro atoms. The molecule has 1 atom stereocenters. The second-order valence-electron chi connectivity index (χ2n) is 4.42. The smallest absolute Gasteiger partial charge is 0.224 e. The van der Waals surface area contributed by atoms with Gasteiger partial charge in [0.15, 0.2) is 0 Å². The van der Waals surface area contributed by atoms with Gasteiger partial charge < -0.3 is 10.6 Å². The second-order valence-corrected chi connectivity index (χ2v) is 4.42. The SMILES string of the molecule is CNCC(C)c1ccc2c(c1)CCC(=O)N2. The van der Waals surface area contributed by atoms with Gasteiger partial charge in [0.05, 0.1) is 0 Å². The number of carbonyl (C=O) groups excluding carboxylic acids is 1. The monoisotopic (exact) mass is 218 g/mol. The minimum absolute atomic E-state index is 0.128. The third kappa shape index (κ3) is 2.25. The number of carbonyl (C=O) groups is 1. The molecule has 16 heavy (non-hydrogen) atoms. The third-order valence-electron chi connectivity index (χ3n) is 3.10. The van der Waals surface area contributed by atoms with Gasteiger partial charge in [-0.05, 0) is 36.6 Å². The molecule has 3 nitrogen and oxygen atoms in total. The molecule has 0 bridgehead atoms. The van der Waals surface area contributed by atoms with Crippen molar-refractivity contribution in [3.05, 3.63) is 29.3 Å². The molecule has 1 aliphatic rings. The lowest BCUT2D eigenvalue weighted by Crippen LogP contribution is -2.20. The molecule has 0 fully saturated rings. The van der Waals surface area contributed by atoms with Crippen molar-refractivity contribution in [1.82, 2.24) is 5.32 Å². The maximum Gasteiger partial charge on any atom is 0.224 e. The van der Waals surface area contributed by atoms with E-state index in [9.17, 15) is 4.79 Å². The lowest BCUT2D eigenvalue weighted by atomic mass is 9.94. The van der Waals surface area contributed by atoms with Gasteiger partial charge in [-0.3, -0.25) is 4.79 Å². The lowest BCUT2D eigenvalue weighted by Gasteiger charge is -2.19. The van der Waals surface area contributed by atoms with E-state index in [1.807, 2.05) is 13.1 Å². The van der Waals surface area contributed by atoms with Crippen LogP contribution in [0.2, 0.25) is 0 Å². The normalized spacial score (nSPS) is 16.5. The number of fused-ring (bicyclic) bond motifs is 1. The van der Waals surface area contributed by atoms with Crippen LogP contribution >= 0.6 is 0 Å². The molecule has 86 valence electrons. The number of likely N-dealkylation sites (N-methyl/N-ethyl adjacent to an activating group) is 1. The fraction of sp³-hybridized carbons (Fsp3) is 0.462. The molecular weight excluding hydrogens is 200 g/mol. The Kier molecular flexibility index (Phi) is 3.25. The topological polar surface area (TPSA) is 41.1 Å². The van der Waals surface area contributed by atoms with Crippen LogP contribution in [0.1, 0.15) is 30.4 Å². The van der Waals surface area contributed by atoms with E-state index < -0.39 is 0 Å². The summed E-state index contributed by atoms with van der Waals surface area (Å²) in [7, 11) is 1.97. The lowest BCUT2D eigenvalue weighted by molar-refractivity contribution is -0.116. The van der Waals surface area contributed by atoms with E-state index in [-0.39, 0.29) is 5.91 Å². The van der Waals surface area contributed by atoms with Crippen LogP contribution in [0.25, 0.3) is 0 Å². The fourth-order valence-electron chi connectivity index (χ4n) is 2.13. The van der Waals surface area contributed by atoms with Gasteiger partial charge in [0.25, 0.3) is 0 Å². The predicted molar refractivity (Wildman–Crippen MR) is 65.7 cm³/mol. The zero-order valence-electron chi connectivity index (χ0n) is 9.84. The van der Waals surface area contributed by atoms with Crippen molar-refractivity contribution in [1.29, 1.82) is 0 Å². The second kappa shape index (κ2) is 4.66. The number of aryl methyl sites for hydroxylation is 1. The molecule has 0 aromatic heterocycles. The molecule has 2 N–H and O–H groups in total. The molecule has 3 heteroatoms. The summed E-state index contributed by atoms with van der Waals surface area (Å²) in [6, 6.07) is 6.34. The largest absolute Gasteiger partial charge is 0.326 e. The van der Waals surface area contributed by atoms with Crippen LogP contribution in [0.5, 0.6) is 0 Å². The van der Waals surface area contributed by atoms with Crippen LogP contribution in [0.15, 0.2) is 18.2 Å². The first-order valence-corrected chi connectivity index (χ1v) is 5.78. The number of benzene rings is 1. The summed E-state index contributed by atoms with van der Waals surface area (Å²) in [5.41, 5.74) is 3.58. The van der Waals surface area contributed by atoms with Gasteiger partial charge >= 0.3 is 0 Å². The molecule has 0 saturated heterocycles. The van der Waals surface area contributed by atoms with Crippen LogP contribution in [-0.4, -0.2) is 19.5 Å². The van der Waals surface area contributed by atoms with Crippen molar-refractivity contribution in [2.24, 2.45) is 0 Å². The fourth-order valence-corrected chi connectivity index (χ4v) is 2.13. The zero-order chi connectivity index (χ0) is 11.5. The van der Waals surface area contributed by atoms with Gasteiger partial charge in [-0.25, -0.2) is 0 Å². The highest BCUT2D eigenvalue weighted by Crippen LogP contribution is 2.26. The Hall–Kier alpha value is -1.35. The summed E-state index contributed by atoms with van der Waals surface area (Å²) in [5, 5.41) is 6.09. The first-order chi connectivity index (χ1) is 7.70. The van der Waals surface area contributed by atoms with Gasteiger partial charge in [-0.2, -0.15) is 0 Å². The first kappa shape index (κ1) is 11.1. The summed E-state index contributed by atoms with van der Waals surface area (Å²) in [5.74, 6) is 0.636. The van der Waals surface area contributed by atoms with Crippen molar-refractivity contribution in [3.8, 4) is 0 Å². The number of amides is 1. The van der Waals surface area contributed by atoms with E-state index in [0.717, 1.165) is 18.7 Å². The standard InChI is InChI=1S/C13H18N2O/c1-9(8-14-2)10-3-5-12-11(7-10)4-6-13(16)15-12/h3,5,7,9,14H,4,6,8H2,1-2H3,(H,15,16). The van der Waals surface area contributed by atoms with Crippen LogP contribution < -0.4 is 10.6 Å². The van der Waals surface area contributed by atoms with Crippen LogP contribution in [0.4, 0.5) is 5.69 Å². The van der Waals surface area contributed by atoms with E-state index in [4.69, 9.17) is 0 Å². The molecule has 1 amide bonds. The molecule has 0 aliphatic carbocycles. The van der Waals surface area contributed by atoms with Crippen LogP contribution in [0.3, 0.4) is 0 Å². The molecule has 2 rings (SSSR count). The average molecular weight is 218 g/mol. The highest BCUT2D eigenvalue weighted by molar-refractivity contribution is 5.93. The maximum absolute atomic E-state index is 11.2. The summed E-state index contributed by atoms with van der Waals surface area (Å²) in [6.45, 7) is 3.19. The molecular formula is C13H18N2O. The third-order valence-corrected chi connectivity index (χ3v) is 3.10. The van der Waals surface area contributed by atoms with Crippen molar-refractivity contribution in [3.63, 3.8) is 0 Å². The molecule has 1 aliphatic heterocycles. The molecule has 0 saturated carbocycles. The minimum Gasteiger partial charge on any atom is -0.326 e. The Morgan fingerprint density at radius 1 is 1.44 bits per heavy atom. The number of anilines is 1. The Bertz CT molecular complexity index is 401. The Morgan fingerprint density at radius 3 is 3.00 bits per heavy atom. The molecule has 1 unspecified atom stereocenters. The Balaban J connectivity index is 2.22. The highest BCUT2D eigenvalue weighted by Gasteiger charge is 2.15. The van der Waals surface area contributed by atoms with Crippen LogP contribution in [-0.2, 0) is 11.2 Å². The number of nitrogens with one attached hydrogen (secondary N) is 2. The summed E-state index contributed by atoms with van der Waals surface area (Å²) in [6.07, 6.45) is 1.47. The molecule has 1 heterocycles. The Morgan fingerprint density at radius 2 is 2.25 bits per heavy atom. The first-order valence-electron chi connectivity index (χ1n) is 5.78. The molecule has 1 aromatic carbocycles. The summed E-state index contributed by atoms with van der Waals surface area (Å²) < 4.78 is 0. The van der Waals surface area contributed by atoms with E-state index in [1.54, 1.807) is 0 Å². The van der Waals surface area contributed by atoms with Crippen molar-refractivity contribution in [2.45, 2.75) is 25.7 Å². The van der Waals surface area contributed by atoms with E-state index in [1.165, 1.54) is 11.1 Å². The number of hydrogen-bond acceptors (Lipinski definition) is 2. The van der Waals surface area contributed by atoms with Crippen LogP contribution in [0, 0.1) is 0 Å². The molecule has 0 radical (unpaired) electrons. The Labute approximate surface area is 96.2 Å².